The molecule has 86 valence electrons. The van der Waals surface area contributed by atoms with Crippen LogP contribution in [0.2, 0.25) is 0 Å². The van der Waals surface area contributed by atoms with E-state index in [2.05, 4.69) is 0 Å². The van der Waals surface area contributed by atoms with Gasteiger partial charge in [0.25, 0.3) is 0 Å². The molecule has 0 amide bonds. The third-order valence-electron chi connectivity index (χ3n) is 1.96. The normalized spacial score (nSPS) is 13.2. The maximum absolute atomic E-state index is 13.2. The Balaban J connectivity index is 2.97. The molecular formula is C10H7F4N2-. The highest BCUT2D eigenvalue weighted by Gasteiger charge is 2.31. The summed E-state index contributed by atoms with van der Waals surface area (Å²) in [6.07, 6.45) is -4.81. The highest BCUT2D eigenvalue weighted by molar-refractivity contribution is 5.28. The van der Waals surface area contributed by atoms with Crippen LogP contribution < -0.4 is 0 Å². The van der Waals surface area contributed by atoms with Crippen LogP contribution in [-0.2, 0) is 12.6 Å². The van der Waals surface area contributed by atoms with Crippen molar-refractivity contribution in [3.8, 4) is 6.07 Å². The molecule has 6 heteroatoms. The van der Waals surface area contributed by atoms with E-state index in [-0.39, 0.29) is 12.0 Å². The summed E-state index contributed by atoms with van der Waals surface area (Å²) >= 11 is 0. The SMILES string of the molecule is N#C[C@@H]([NH-])Cc1ccc(C(F)(F)F)cc1F. The largest absolute Gasteiger partial charge is 0.662 e. The minimum atomic E-state index is -4.59. The lowest BCUT2D eigenvalue weighted by Crippen LogP contribution is -2.08. The molecule has 1 N–H and O–H groups in total. The number of nitriles is 1. The monoisotopic (exact) mass is 231 g/mol. The molecule has 1 rings (SSSR count). The Morgan fingerprint density at radius 3 is 2.44 bits per heavy atom. The van der Waals surface area contributed by atoms with Gasteiger partial charge in [-0.15, -0.1) is 0 Å². The van der Waals surface area contributed by atoms with Crippen molar-refractivity contribution in [3.63, 3.8) is 0 Å². The lowest BCUT2D eigenvalue weighted by Gasteiger charge is -2.13. The summed E-state index contributed by atoms with van der Waals surface area (Å²) in [5.41, 5.74) is 5.94. The van der Waals surface area contributed by atoms with Crippen molar-refractivity contribution in [2.45, 2.75) is 18.6 Å². The minimum absolute atomic E-state index is 0.0606. The summed E-state index contributed by atoms with van der Waals surface area (Å²) < 4.78 is 49.7. The van der Waals surface area contributed by atoms with E-state index in [0.29, 0.717) is 6.07 Å². The van der Waals surface area contributed by atoms with Crippen LogP contribution in [0.15, 0.2) is 18.2 Å². The second-order valence-corrected chi connectivity index (χ2v) is 3.19. The van der Waals surface area contributed by atoms with Crippen LogP contribution in [0.4, 0.5) is 17.6 Å². The molecule has 0 aromatic heterocycles. The van der Waals surface area contributed by atoms with Gasteiger partial charge in [0.1, 0.15) is 5.82 Å². The third kappa shape index (κ3) is 2.94. The predicted molar refractivity (Wildman–Crippen MR) is 48.8 cm³/mol. The van der Waals surface area contributed by atoms with Crippen LogP contribution in [0.3, 0.4) is 0 Å². The molecule has 0 aliphatic carbocycles. The highest BCUT2D eigenvalue weighted by atomic mass is 19.4. The van der Waals surface area contributed by atoms with Gasteiger partial charge in [0.05, 0.1) is 5.56 Å². The first-order chi connectivity index (χ1) is 7.34. The molecule has 1 aromatic carbocycles. The number of hydrogen-bond donors (Lipinski definition) is 0. The Morgan fingerprint density at radius 1 is 1.38 bits per heavy atom. The fraction of sp³-hybridized carbons (Fsp3) is 0.300. The van der Waals surface area contributed by atoms with E-state index in [1.165, 1.54) is 0 Å². The molecule has 1 atom stereocenters. The molecule has 0 unspecified atom stereocenters. The summed E-state index contributed by atoms with van der Waals surface area (Å²) in [6, 6.07) is 2.46. The van der Waals surface area contributed by atoms with Gasteiger partial charge in [-0.2, -0.15) is 18.4 Å². The van der Waals surface area contributed by atoms with Gasteiger partial charge in [0, 0.05) is 6.07 Å². The highest BCUT2D eigenvalue weighted by Crippen LogP contribution is 2.30. The standard InChI is InChI=1S/C10H7F4N2/c11-9-4-7(10(12,13)14)2-1-6(9)3-8(16)5-15/h1-2,4,8,16H,3H2/q-1/t8-/m0/s1. The molecule has 0 saturated heterocycles. The van der Waals surface area contributed by atoms with Crippen LogP contribution in [0.1, 0.15) is 11.1 Å². The second kappa shape index (κ2) is 4.49. The first-order valence-corrected chi connectivity index (χ1v) is 4.31. The molecule has 0 radical (unpaired) electrons. The number of nitrogens with zero attached hydrogens (tertiary/aromatic N) is 1. The van der Waals surface area contributed by atoms with Crippen molar-refractivity contribution in [1.29, 1.82) is 5.26 Å². The first-order valence-electron chi connectivity index (χ1n) is 4.31. The Bertz CT molecular complexity index is 420. The Labute approximate surface area is 89.3 Å². The van der Waals surface area contributed by atoms with Crippen molar-refractivity contribution in [1.82, 2.24) is 0 Å². The number of hydrogen-bond acceptors (Lipinski definition) is 1. The molecule has 0 aliphatic heterocycles. The molecule has 0 saturated carbocycles. The van der Waals surface area contributed by atoms with E-state index in [1.54, 1.807) is 6.07 Å². The summed E-state index contributed by atoms with van der Waals surface area (Å²) in [5.74, 6) is -1.04. The van der Waals surface area contributed by atoms with Gasteiger partial charge in [0.15, 0.2) is 0 Å². The van der Waals surface area contributed by atoms with Gasteiger partial charge in [0.2, 0.25) is 0 Å². The number of nitrogens with one attached hydrogen (secondary N) is 1. The molecule has 0 heterocycles. The summed E-state index contributed by atoms with van der Waals surface area (Å²) in [7, 11) is 0. The van der Waals surface area contributed by atoms with E-state index in [4.69, 9.17) is 11.0 Å². The third-order valence-corrected chi connectivity index (χ3v) is 1.96. The lowest BCUT2D eigenvalue weighted by molar-refractivity contribution is -0.137. The van der Waals surface area contributed by atoms with Crippen LogP contribution >= 0.6 is 0 Å². The topological polar surface area (TPSA) is 47.6 Å². The van der Waals surface area contributed by atoms with E-state index >= 15 is 0 Å². The number of rotatable bonds is 2. The average Bonchev–Trinajstić information content (AvgIpc) is 2.19. The lowest BCUT2D eigenvalue weighted by atomic mass is 10.0. The number of benzene rings is 1. The zero-order valence-electron chi connectivity index (χ0n) is 7.98. The van der Waals surface area contributed by atoms with Crippen LogP contribution in [0.25, 0.3) is 5.73 Å². The summed E-state index contributed by atoms with van der Waals surface area (Å²) in [5, 5.41) is 8.33. The van der Waals surface area contributed by atoms with E-state index in [1.807, 2.05) is 0 Å². The van der Waals surface area contributed by atoms with E-state index in [0.717, 1.165) is 12.1 Å². The molecule has 16 heavy (non-hydrogen) atoms. The Hall–Kier alpha value is -1.61. The van der Waals surface area contributed by atoms with Crippen LogP contribution in [0.5, 0.6) is 0 Å². The van der Waals surface area contributed by atoms with Crippen molar-refractivity contribution in [2.24, 2.45) is 0 Å². The van der Waals surface area contributed by atoms with Gasteiger partial charge in [-0.3, -0.25) is 0 Å². The first kappa shape index (κ1) is 12.5. The molecule has 1 aromatic rings. The van der Waals surface area contributed by atoms with Gasteiger partial charge in [-0.25, -0.2) is 4.39 Å². The molecule has 0 bridgehead atoms. The van der Waals surface area contributed by atoms with Crippen molar-refractivity contribution < 1.29 is 17.6 Å². The summed E-state index contributed by atoms with van der Waals surface area (Å²) in [4.78, 5) is 0. The molecule has 0 fully saturated rings. The number of alkyl halides is 3. The van der Waals surface area contributed by atoms with Gasteiger partial charge in [-0.05, 0) is 30.2 Å². The fourth-order valence-corrected chi connectivity index (χ4v) is 1.15. The van der Waals surface area contributed by atoms with Gasteiger partial charge in [-0.1, -0.05) is 6.07 Å². The quantitative estimate of drug-likeness (QED) is 0.720. The van der Waals surface area contributed by atoms with Crippen molar-refractivity contribution in [3.05, 3.63) is 40.9 Å². The van der Waals surface area contributed by atoms with Crippen LogP contribution in [-0.4, -0.2) is 6.04 Å². The predicted octanol–water partition coefficient (Wildman–Crippen LogP) is 3.33. The Kier molecular flexibility index (Phi) is 3.50. The molecule has 0 spiro atoms. The maximum Gasteiger partial charge on any atom is 0.416 e. The zero-order chi connectivity index (χ0) is 12.3. The van der Waals surface area contributed by atoms with E-state index < -0.39 is 23.6 Å². The Morgan fingerprint density at radius 2 is 2.00 bits per heavy atom. The van der Waals surface area contributed by atoms with Crippen molar-refractivity contribution >= 4 is 0 Å². The smallest absolute Gasteiger partial charge is 0.416 e. The van der Waals surface area contributed by atoms with Gasteiger partial charge < -0.3 is 5.73 Å². The molecule has 0 aliphatic rings. The van der Waals surface area contributed by atoms with Crippen LogP contribution in [0, 0.1) is 17.1 Å². The maximum atomic E-state index is 13.2. The fourth-order valence-electron chi connectivity index (χ4n) is 1.15. The number of halogens is 4. The second-order valence-electron chi connectivity index (χ2n) is 3.19. The van der Waals surface area contributed by atoms with E-state index in [9.17, 15) is 17.6 Å². The van der Waals surface area contributed by atoms with Gasteiger partial charge >= 0.3 is 6.18 Å². The minimum Gasteiger partial charge on any atom is -0.662 e. The zero-order valence-corrected chi connectivity index (χ0v) is 7.98. The molecule has 2 nitrogen and oxygen atoms in total. The summed E-state index contributed by atoms with van der Waals surface area (Å²) in [6.45, 7) is 0. The molecular weight excluding hydrogens is 224 g/mol. The van der Waals surface area contributed by atoms with Crippen molar-refractivity contribution in [2.75, 3.05) is 0 Å². The average molecular weight is 231 g/mol.